The van der Waals surface area contributed by atoms with E-state index in [1.165, 1.54) is 32.1 Å². The van der Waals surface area contributed by atoms with Gasteiger partial charge in [0.05, 0.1) is 12.1 Å². The van der Waals surface area contributed by atoms with Gasteiger partial charge < -0.3 is 10.6 Å². The van der Waals surface area contributed by atoms with Crippen molar-refractivity contribution < 1.29 is 0 Å². The molecule has 0 aromatic heterocycles. The first-order valence-corrected chi connectivity index (χ1v) is 8.09. The number of hydrogen-bond donors (Lipinski definition) is 1. The van der Waals surface area contributed by atoms with Gasteiger partial charge in [0.25, 0.3) is 0 Å². The van der Waals surface area contributed by atoms with Crippen molar-refractivity contribution in [3.8, 4) is 0 Å². The standard InChI is InChI=1S/C16H31N3/c1-5-13(4)19-15(17)18-11-16(19)9-6-7-14(8-10-16)12(2)3/h12-14H,5-11H2,1-4H3,(H2,17,18). The van der Waals surface area contributed by atoms with Crippen molar-refractivity contribution in [2.24, 2.45) is 22.6 Å². The first-order valence-electron chi connectivity index (χ1n) is 8.09. The molecule has 1 saturated carbocycles. The zero-order chi connectivity index (χ0) is 14.0. The van der Waals surface area contributed by atoms with Crippen LogP contribution >= 0.6 is 0 Å². The lowest BCUT2D eigenvalue weighted by Crippen LogP contribution is -2.55. The summed E-state index contributed by atoms with van der Waals surface area (Å²) in [6.07, 6.45) is 7.74. The molecule has 3 unspecified atom stereocenters. The molecule has 1 spiro atoms. The Bertz CT molecular complexity index is 337. The highest BCUT2D eigenvalue weighted by Gasteiger charge is 2.44. The third-order valence-electron chi connectivity index (χ3n) is 5.47. The molecule has 3 nitrogen and oxygen atoms in total. The van der Waals surface area contributed by atoms with E-state index in [9.17, 15) is 0 Å². The first-order chi connectivity index (χ1) is 9.00. The Hall–Kier alpha value is -0.730. The van der Waals surface area contributed by atoms with Crippen LogP contribution in [0.5, 0.6) is 0 Å². The first kappa shape index (κ1) is 14.7. The van der Waals surface area contributed by atoms with Gasteiger partial charge in [-0.15, -0.1) is 0 Å². The maximum absolute atomic E-state index is 6.18. The van der Waals surface area contributed by atoms with Crippen LogP contribution in [0.15, 0.2) is 4.99 Å². The molecule has 1 fully saturated rings. The van der Waals surface area contributed by atoms with E-state index in [1.807, 2.05) is 0 Å². The van der Waals surface area contributed by atoms with Crippen LogP contribution in [0.3, 0.4) is 0 Å². The Balaban J connectivity index is 2.14. The van der Waals surface area contributed by atoms with Crippen molar-refractivity contribution in [2.45, 2.75) is 77.8 Å². The molecule has 2 N–H and O–H groups in total. The minimum Gasteiger partial charge on any atom is -0.370 e. The summed E-state index contributed by atoms with van der Waals surface area (Å²) in [7, 11) is 0. The van der Waals surface area contributed by atoms with Crippen molar-refractivity contribution >= 4 is 5.96 Å². The quantitative estimate of drug-likeness (QED) is 0.850. The van der Waals surface area contributed by atoms with Gasteiger partial charge in [-0.05, 0) is 44.4 Å². The molecular weight excluding hydrogens is 234 g/mol. The summed E-state index contributed by atoms with van der Waals surface area (Å²) in [6, 6.07) is 0.516. The Morgan fingerprint density at radius 2 is 2.05 bits per heavy atom. The fourth-order valence-electron chi connectivity index (χ4n) is 3.98. The lowest BCUT2D eigenvalue weighted by molar-refractivity contribution is 0.131. The van der Waals surface area contributed by atoms with E-state index in [1.54, 1.807) is 0 Å². The minimum absolute atomic E-state index is 0.239. The molecule has 0 radical (unpaired) electrons. The summed E-state index contributed by atoms with van der Waals surface area (Å²) in [5.74, 6) is 2.49. The van der Waals surface area contributed by atoms with Gasteiger partial charge in [-0.3, -0.25) is 4.99 Å². The second kappa shape index (κ2) is 5.72. The molecule has 0 saturated heterocycles. The Labute approximate surface area is 118 Å². The molecule has 0 aromatic carbocycles. The molecule has 0 amide bonds. The molecule has 0 bridgehead atoms. The summed E-state index contributed by atoms with van der Waals surface area (Å²) in [4.78, 5) is 7.05. The fraction of sp³-hybridized carbons (Fsp3) is 0.938. The monoisotopic (exact) mass is 265 g/mol. The highest BCUT2D eigenvalue weighted by molar-refractivity contribution is 5.81. The van der Waals surface area contributed by atoms with Crippen molar-refractivity contribution in [3.63, 3.8) is 0 Å². The van der Waals surface area contributed by atoms with Crippen LogP contribution in [0.2, 0.25) is 0 Å². The van der Waals surface area contributed by atoms with Crippen LogP contribution in [0.25, 0.3) is 0 Å². The SMILES string of the molecule is CCC(C)N1C(N)=NCC12CCCC(C(C)C)CC2. The molecule has 1 aliphatic heterocycles. The van der Waals surface area contributed by atoms with Gasteiger partial charge in [0.15, 0.2) is 5.96 Å². The molecule has 19 heavy (non-hydrogen) atoms. The normalized spacial score (nSPS) is 33.6. The zero-order valence-electron chi connectivity index (χ0n) is 13.2. The van der Waals surface area contributed by atoms with E-state index in [2.05, 4.69) is 37.6 Å². The number of nitrogens with two attached hydrogens (primary N) is 1. The van der Waals surface area contributed by atoms with Gasteiger partial charge in [-0.1, -0.05) is 33.6 Å². The molecule has 2 aliphatic rings. The third-order valence-corrected chi connectivity index (χ3v) is 5.47. The number of guanidine groups is 1. The van der Waals surface area contributed by atoms with E-state index in [4.69, 9.17) is 5.73 Å². The van der Waals surface area contributed by atoms with Crippen LogP contribution in [0.4, 0.5) is 0 Å². The van der Waals surface area contributed by atoms with Gasteiger partial charge in [0.2, 0.25) is 0 Å². The molecule has 2 rings (SSSR count). The third kappa shape index (κ3) is 2.75. The van der Waals surface area contributed by atoms with Crippen molar-refractivity contribution in [1.29, 1.82) is 0 Å². The van der Waals surface area contributed by atoms with Crippen LogP contribution in [-0.2, 0) is 0 Å². The molecule has 0 aromatic rings. The zero-order valence-corrected chi connectivity index (χ0v) is 13.2. The van der Waals surface area contributed by atoms with Crippen molar-refractivity contribution in [1.82, 2.24) is 4.90 Å². The number of rotatable bonds is 3. The summed E-state index contributed by atoms with van der Waals surface area (Å²) in [6.45, 7) is 10.2. The lowest BCUT2D eigenvalue weighted by Gasteiger charge is -2.42. The van der Waals surface area contributed by atoms with Crippen LogP contribution < -0.4 is 5.73 Å². The maximum Gasteiger partial charge on any atom is 0.192 e. The largest absolute Gasteiger partial charge is 0.370 e. The fourth-order valence-corrected chi connectivity index (χ4v) is 3.98. The van der Waals surface area contributed by atoms with Gasteiger partial charge in [-0.2, -0.15) is 0 Å². The number of aliphatic imine (C=N–C) groups is 1. The second-order valence-electron chi connectivity index (χ2n) is 6.96. The van der Waals surface area contributed by atoms with Crippen LogP contribution in [0, 0.1) is 11.8 Å². The van der Waals surface area contributed by atoms with E-state index in [-0.39, 0.29) is 5.54 Å². The molecule has 3 heteroatoms. The predicted molar refractivity (Wildman–Crippen MR) is 82.2 cm³/mol. The van der Waals surface area contributed by atoms with Crippen molar-refractivity contribution in [3.05, 3.63) is 0 Å². The Morgan fingerprint density at radius 3 is 2.68 bits per heavy atom. The summed E-state index contributed by atoms with van der Waals surface area (Å²) in [5, 5.41) is 0. The van der Waals surface area contributed by atoms with Gasteiger partial charge in [0, 0.05) is 6.04 Å². The summed E-state index contributed by atoms with van der Waals surface area (Å²) < 4.78 is 0. The Morgan fingerprint density at radius 1 is 1.32 bits per heavy atom. The van der Waals surface area contributed by atoms with Gasteiger partial charge in [-0.25, -0.2) is 0 Å². The summed E-state index contributed by atoms with van der Waals surface area (Å²) >= 11 is 0. The summed E-state index contributed by atoms with van der Waals surface area (Å²) in [5.41, 5.74) is 6.42. The topological polar surface area (TPSA) is 41.6 Å². The average molecular weight is 265 g/mol. The maximum atomic E-state index is 6.18. The Kier molecular flexibility index (Phi) is 4.42. The van der Waals surface area contributed by atoms with E-state index in [0.29, 0.717) is 6.04 Å². The second-order valence-corrected chi connectivity index (χ2v) is 6.96. The highest BCUT2D eigenvalue weighted by Crippen LogP contribution is 2.40. The van der Waals surface area contributed by atoms with E-state index >= 15 is 0 Å². The predicted octanol–water partition coefficient (Wildman–Crippen LogP) is 3.39. The highest BCUT2D eigenvalue weighted by atomic mass is 15.4. The molecule has 1 aliphatic carbocycles. The van der Waals surface area contributed by atoms with Gasteiger partial charge >= 0.3 is 0 Å². The van der Waals surface area contributed by atoms with Crippen LogP contribution in [-0.4, -0.2) is 29.0 Å². The molecule has 3 atom stereocenters. The van der Waals surface area contributed by atoms with Crippen molar-refractivity contribution in [2.75, 3.05) is 6.54 Å². The smallest absolute Gasteiger partial charge is 0.192 e. The molecule has 1 heterocycles. The van der Waals surface area contributed by atoms with E-state index in [0.717, 1.165) is 30.8 Å². The average Bonchev–Trinajstić information content (AvgIpc) is 2.57. The number of nitrogens with zero attached hydrogens (tertiary/aromatic N) is 2. The van der Waals surface area contributed by atoms with Gasteiger partial charge in [0.1, 0.15) is 0 Å². The molecular formula is C16H31N3. The number of hydrogen-bond acceptors (Lipinski definition) is 3. The van der Waals surface area contributed by atoms with Crippen LogP contribution in [0.1, 0.15) is 66.2 Å². The molecule has 110 valence electrons. The lowest BCUT2D eigenvalue weighted by atomic mass is 9.85. The van der Waals surface area contributed by atoms with E-state index < -0.39 is 0 Å². The minimum atomic E-state index is 0.239.